The van der Waals surface area contributed by atoms with Crippen molar-refractivity contribution in [3.05, 3.63) is 83.1 Å². The van der Waals surface area contributed by atoms with E-state index in [4.69, 9.17) is 11.6 Å². The molecule has 25 heavy (non-hydrogen) atoms. The Morgan fingerprint density at radius 1 is 1.12 bits per heavy atom. The fourth-order valence-electron chi connectivity index (χ4n) is 2.37. The second-order valence-electron chi connectivity index (χ2n) is 5.30. The molecular formula is C18H14ClN3O3. The average molecular weight is 356 g/mol. The van der Waals surface area contributed by atoms with Crippen molar-refractivity contribution >= 4 is 23.5 Å². The number of nitrogens with one attached hydrogen (secondary N) is 1. The molecule has 0 radical (unpaired) electrons. The quantitative estimate of drug-likeness (QED) is 0.736. The third-order valence-electron chi connectivity index (χ3n) is 3.60. The first-order chi connectivity index (χ1) is 12.0. The number of hydrogen-bond donors (Lipinski definition) is 2. The lowest BCUT2D eigenvalue weighted by molar-refractivity contribution is -0.139. The lowest BCUT2D eigenvalue weighted by atomic mass is 10.1. The van der Waals surface area contributed by atoms with Gasteiger partial charge in [-0.2, -0.15) is 5.10 Å². The number of aliphatic carboxylic acids is 1. The van der Waals surface area contributed by atoms with Gasteiger partial charge in [-0.15, -0.1) is 0 Å². The molecule has 0 aliphatic heterocycles. The number of benzene rings is 2. The summed E-state index contributed by atoms with van der Waals surface area (Å²) in [6.07, 6.45) is 3.39. The first-order valence-electron chi connectivity index (χ1n) is 7.44. The topological polar surface area (TPSA) is 84.2 Å². The van der Waals surface area contributed by atoms with Crippen molar-refractivity contribution in [3.8, 4) is 5.69 Å². The highest BCUT2D eigenvalue weighted by molar-refractivity contribution is 6.30. The first-order valence-corrected chi connectivity index (χ1v) is 7.81. The summed E-state index contributed by atoms with van der Waals surface area (Å²) in [6.45, 7) is 0. The van der Waals surface area contributed by atoms with E-state index in [1.54, 1.807) is 71.7 Å². The Morgan fingerprint density at radius 2 is 1.88 bits per heavy atom. The maximum Gasteiger partial charge on any atom is 0.330 e. The minimum Gasteiger partial charge on any atom is -0.479 e. The molecule has 2 N–H and O–H groups in total. The van der Waals surface area contributed by atoms with Crippen LogP contribution in [0.2, 0.25) is 5.02 Å². The van der Waals surface area contributed by atoms with E-state index in [-0.39, 0.29) is 0 Å². The minimum absolute atomic E-state index is 0.341. The fourth-order valence-corrected chi connectivity index (χ4v) is 2.49. The molecule has 3 aromatic rings. The largest absolute Gasteiger partial charge is 0.479 e. The van der Waals surface area contributed by atoms with Gasteiger partial charge in [-0.3, -0.25) is 4.79 Å². The van der Waals surface area contributed by atoms with Gasteiger partial charge < -0.3 is 10.4 Å². The number of amides is 1. The van der Waals surface area contributed by atoms with Crippen LogP contribution >= 0.6 is 11.6 Å². The molecule has 1 amide bonds. The zero-order valence-electron chi connectivity index (χ0n) is 13.0. The van der Waals surface area contributed by atoms with Crippen molar-refractivity contribution in [3.63, 3.8) is 0 Å². The lowest BCUT2D eigenvalue weighted by Crippen LogP contribution is -2.33. The number of halogens is 1. The molecular weight excluding hydrogens is 342 g/mol. The zero-order valence-corrected chi connectivity index (χ0v) is 13.7. The van der Waals surface area contributed by atoms with E-state index in [1.807, 2.05) is 0 Å². The molecule has 1 aromatic heterocycles. The molecule has 0 aliphatic carbocycles. The van der Waals surface area contributed by atoms with Gasteiger partial charge in [-0.05, 0) is 42.0 Å². The van der Waals surface area contributed by atoms with Crippen LogP contribution in [-0.4, -0.2) is 26.8 Å². The second kappa shape index (κ2) is 7.19. The molecule has 0 saturated carbocycles. The van der Waals surface area contributed by atoms with Crippen LogP contribution in [0.4, 0.5) is 0 Å². The van der Waals surface area contributed by atoms with Crippen LogP contribution in [-0.2, 0) is 4.79 Å². The summed E-state index contributed by atoms with van der Waals surface area (Å²) in [4.78, 5) is 24.0. The predicted octanol–water partition coefficient (Wildman–Crippen LogP) is 3.08. The van der Waals surface area contributed by atoms with Gasteiger partial charge in [0.05, 0.1) is 5.69 Å². The van der Waals surface area contributed by atoms with Crippen LogP contribution in [0.3, 0.4) is 0 Å². The van der Waals surface area contributed by atoms with E-state index in [0.29, 0.717) is 21.8 Å². The maximum absolute atomic E-state index is 12.5. The summed E-state index contributed by atoms with van der Waals surface area (Å²) in [5, 5.41) is 16.6. The van der Waals surface area contributed by atoms with Gasteiger partial charge in [0.25, 0.3) is 5.91 Å². The highest BCUT2D eigenvalue weighted by Crippen LogP contribution is 2.18. The van der Waals surface area contributed by atoms with Gasteiger partial charge in [-0.1, -0.05) is 29.8 Å². The van der Waals surface area contributed by atoms with Crippen molar-refractivity contribution < 1.29 is 14.7 Å². The number of rotatable bonds is 5. The molecule has 0 bridgehead atoms. The number of carbonyl (C=O) groups is 2. The number of carboxylic acids is 1. The van der Waals surface area contributed by atoms with E-state index < -0.39 is 17.9 Å². The van der Waals surface area contributed by atoms with E-state index in [0.717, 1.165) is 0 Å². The van der Waals surface area contributed by atoms with Crippen LogP contribution in [0, 0.1) is 0 Å². The SMILES string of the molecule is O=C(N[C@H](C(=O)O)c1ccc(Cl)cc1)c1cccc(-n2cccn2)c1. The van der Waals surface area contributed by atoms with Gasteiger partial charge in [-0.25, -0.2) is 9.48 Å². The van der Waals surface area contributed by atoms with E-state index in [9.17, 15) is 14.7 Å². The third-order valence-corrected chi connectivity index (χ3v) is 3.85. The number of aromatic nitrogens is 2. The Hall–Kier alpha value is -3.12. The third kappa shape index (κ3) is 3.87. The number of nitrogens with zero attached hydrogens (tertiary/aromatic N) is 2. The molecule has 3 rings (SSSR count). The van der Waals surface area contributed by atoms with Crippen molar-refractivity contribution in [2.45, 2.75) is 6.04 Å². The number of carboxylic acid groups (broad SMARTS) is 1. The molecule has 1 heterocycles. The van der Waals surface area contributed by atoms with Gasteiger partial charge in [0.15, 0.2) is 6.04 Å². The van der Waals surface area contributed by atoms with Gasteiger partial charge in [0, 0.05) is 23.0 Å². The van der Waals surface area contributed by atoms with Crippen molar-refractivity contribution in [2.24, 2.45) is 0 Å². The van der Waals surface area contributed by atoms with Crippen molar-refractivity contribution in [1.29, 1.82) is 0 Å². The number of hydrogen-bond acceptors (Lipinski definition) is 3. The van der Waals surface area contributed by atoms with Crippen LogP contribution in [0.25, 0.3) is 5.69 Å². The normalized spacial score (nSPS) is 11.7. The standard InChI is InChI=1S/C18H14ClN3O3/c19-14-7-5-12(6-8-14)16(18(24)25)21-17(23)13-3-1-4-15(11-13)22-10-2-9-20-22/h1-11,16H,(H,21,23)(H,24,25)/t16-/m0/s1. The van der Waals surface area contributed by atoms with Crippen molar-refractivity contribution in [1.82, 2.24) is 15.1 Å². The average Bonchev–Trinajstić information content (AvgIpc) is 3.15. The Morgan fingerprint density at radius 3 is 2.52 bits per heavy atom. The lowest BCUT2D eigenvalue weighted by Gasteiger charge is -2.15. The smallest absolute Gasteiger partial charge is 0.330 e. The highest BCUT2D eigenvalue weighted by Gasteiger charge is 2.22. The summed E-state index contributed by atoms with van der Waals surface area (Å²) in [7, 11) is 0. The minimum atomic E-state index is -1.17. The Labute approximate surface area is 148 Å². The van der Waals surface area contributed by atoms with E-state index in [1.165, 1.54) is 0 Å². The van der Waals surface area contributed by atoms with Crippen LogP contribution in [0.1, 0.15) is 22.0 Å². The Bertz CT molecular complexity index is 892. The molecule has 0 spiro atoms. The van der Waals surface area contributed by atoms with Crippen molar-refractivity contribution in [2.75, 3.05) is 0 Å². The molecule has 1 atom stereocenters. The first kappa shape index (κ1) is 16.7. The summed E-state index contributed by atoms with van der Waals surface area (Å²) in [6, 6.07) is 13.7. The Balaban J connectivity index is 1.83. The van der Waals surface area contributed by atoms with Crippen LogP contribution in [0.15, 0.2) is 67.0 Å². The summed E-state index contributed by atoms with van der Waals surface area (Å²) >= 11 is 5.82. The molecule has 0 unspecified atom stereocenters. The van der Waals surface area contributed by atoms with Gasteiger partial charge in [0.1, 0.15) is 0 Å². The molecule has 0 aliphatic rings. The number of carbonyl (C=O) groups excluding carboxylic acids is 1. The molecule has 6 nitrogen and oxygen atoms in total. The molecule has 0 fully saturated rings. The van der Waals surface area contributed by atoms with Gasteiger partial charge in [0.2, 0.25) is 0 Å². The highest BCUT2D eigenvalue weighted by atomic mass is 35.5. The Kier molecular flexibility index (Phi) is 4.81. The predicted molar refractivity (Wildman–Crippen MR) is 92.9 cm³/mol. The second-order valence-corrected chi connectivity index (χ2v) is 5.73. The molecule has 2 aromatic carbocycles. The summed E-state index contributed by atoms with van der Waals surface area (Å²) in [5.74, 6) is -1.64. The summed E-state index contributed by atoms with van der Waals surface area (Å²) < 4.78 is 1.62. The molecule has 126 valence electrons. The van der Waals surface area contributed by atoms with Crippen LogP contribution < -0.4 is 5.32 Å². The molecule has 0 saturated heterocycles. The zero-order chi connectivity index (χ0) is 17.8. The summed E-state index contributed by atoms with van der Waals surface area (Å²) in [5.41, 5.74) is 1.48. The van der Waals surface area contributed by atoms with E-state index in [2.05, 4.69) is 10.4 Å². The maximum atomic E-state index is 12.5. The van der Waals surface area contributed by atoms with E-state index >= 15 is 0 Å². The van der Waals surface area contributed by atoms with Crippen LogP contribution in [0.5, 0.6) is 0 Å². The van der Waals surface area contributed by atoms with Gasteiger partial charge >= 0.3 is 5.97 Å². The molecule has 7 heteroatoms. The fraction of sp³-hybridized carbons (Fsp3) is 0.0556. The monoisotopic (exact) mass is 355 g/mol.